The molecule has 88 valence electrons. The molecule has 0 aliphatic heterocycles. The summed E-state index contributed by atoms with van der Waals surface area (Å²) in [6.45, 7) is 2.62. The summed E-state index contributed by atoms with van der Waals surface area (Å²) in [4.78, 5) is 0. The van der Waals surface area contributed by atoms with E-state index in [9.17, 15) is 0 Å². The fraction of sp³-hybridized carbons (Fsp3) is 0.600. The lowest BCUT2D eigenvalue weighted by molar-refractivity contribution is 0.297. The van der Waals surface area contributed by atoms with Crippen molar-refractivity contribution < 1.29 is 5.11 Å². The minimum absolute atomic E-state index is 0.264. The maximum atomic E-state index is 9.08. The van der Waals surface area contributed by atoms with E-state index >= 15 is 0 Å². The molecule has 0 saturated heterocycles. The quantitative estimate of drug-likeness (QED) is 0.823. The van der Waals surface area contributed by atoms with Crippen molar-refractivity contribution in [2.24, 2.45) is 5.92 Å². The van der Waals surface area contributed by atoms with Crippen LogP contribution in [-0.2, 0) is 6.42 Å². The molecule has 1 nitrogen and oxygen atoms in total. The molecule has 0 amide bonds. The number of benzene rings is 1. The van der Waals surface area contributed by atoms with E-state index in [1.807, 2.05) is 0 Å². The van der Waals surface area contributed by atoms with Gasteiger partial charge in [0.25, 0.3) is 0 Å². The minimum atomic E-state index is 0.264. The Labute approximate surface area is 98.5 Å². The van der Waals surface area contributed by atoms with Gasteiger partial charge in [-0.1, -0.05) is 44.0 Å². The maximum Gasteiger partial charge on any atom is 0.0471 e. The molecule has 0 bridgehead atoms. The monoisotopic (exact) mass is 218 g/mol. The summed E-state index contributed by atoms with van der Waals surface area (Å²) < 4.78 is 0. The van der Waals surface area contributed by atoms with Crippen LogP contribution in [0.15, 0.2) is 24.3 Å². The van der Waals surface area contributed by atoms with E-state index in [1.54, 1.807) is 0 Å². The van der Waals surface area contributed by atoms with Crippen LogP contribution in [0.2, 0.25) is 0 Å². The Morgan fingerprint density at radius 3 is 2.50 bits per heavy atom. The maximum absolute atomic E-state index is 9.08. The van der Waals surface area contributed by atoms with Gasteiger partial charge in [0, 0.05) is 6.61 Å². The van der Waals surface area contributed by atoms with E-state index in [-0.39, 0.29) is 6.61 Å². The van der Waals surface area contributed by atoms with Gasteiger partial charge in [-0.05, 0) is 42.2 Å². The van der Waals surface area contributed by atoms with Gasteiger partial charge >= 0.3 is 0 Å². The second-order valence-corrected chi connectivity index (χ2v) is 5.13. The molecular formula is C15H22O. The van der Waals surface area contributed by atoms with E-state index < -0.39 is 0 Å². The zero-order chi connectivity index (χ0) is 11.4. The number of hydrogen-bond donors (Lipinski definition) is 1. The van der Waals surface area contributed by atoms with E-state index in [0.29, 0.717) is 0 Å². The molecule has 16 heavy (non-hydrogen) atoms. The van der Waals surface area contributed by atoms with E-state index in [0.717, 1.165) is 18.3 Å². The van der Waals surface area contributed by atoms with Crippen LogP contribution in [0.1, 0.15) is 49.7 Å². The first kappa shape index (κ1) is 11.7. The van der Waals surface area contributed by atoms with Crippen molar-refractivity contribution in [1.29, 1.82) is 0 Å². The molecule has 0 spiro atoms. The standard InChI is InChI=1S/C15H22O/c1-12-6-8-14(9-7-12)15-5-3-2-4-13(15)10-11-16/h2-5,12,14,16H,6-11H2,1H3. The second-order valence-electron chi connectivity index (χ2n) is 5.13. The molecule has 2 rings (SSSR count). The Morgan fingerprint density at radius 2 is 1.81 bits per heavy atom. The number of aliphatic hydroxyl groups is 1. The third-order valence-electron chi connectivity index (χ3n) is 3.89. The molecule has 0 atom stereocenters. The van der Waals surface area contributed by atoms with Crippen LogP contribution in [-0.4, -0.2) is 11.7 Å². The summed E-state index contributed by atoms with van der Waals surface area (Å²) in [6.07, 6.45) is 6.17. The van der Waals surface area contributed by atoms with E-state index in [4.69, 9.17) is 5.11 Å². The van der Waals surface area contributed by atoms with E-state index in [1.165, 1.54) is 36.8 Å². The van der Waals surface area contributed by atoms with Gasteiger partial charge in [-0.15, -0.1) is 0 Å². The van der Waals surface area contributed by atoms with Crippen molar-refractivity contribution in [1.82, 2.24) is 0 Å². The predicted octanol–water partition coefficient (Wildman–Crippen LogP) is 3.52. The molecule has 0 heterocycles. The molecular weight excluding hydrogens is 196 g/mol. The fourth-order valence-electron chi connectivity index (χ4n) is 2.85. The Morgan fingerprint density at radius 1 is 1.12 bits per heavy atom. The molecule has 1 aliphatic carbocycles. The van der Waals surface area contributed by atoms with Crippen molar-refractivity contribution in [3.63, 3.8) is 0 Å². The second kappa shape index (κ2) is 5.49. The summed E-state index contributed by atoms with van der Waals surface area (Å²) in [5.41, 5.74) is 2.84. The highest BCUT2D eigenvalue weighted by Crippen LogP contribution is 2.36. The van der Waals surface area contributed by atoms with Gasteiger partial charge in [-0.3, -0.25) is 0 Å². The largest absolute Gasteiger partial charge is 0.396 e. The van der Waals surface area contributed by atoms with Crippen LogP contribution < -0.4 is 0 Å². The van der Waals surface area contributed by atoms with Gasteiger partial charge in [0.2, 0.25) is 0 Å². The molecule has 1 heteroatoms. The van der Waals surface area contributed by atoms with Crippen LogP contribution in [0.3, 0.4) is 0 Å². The van der Waals surface area contributed by atoms with Gasteiger partial charge in [0.1, 0.15) is 0 Å². The first-order chi connectivity index (χ1) is 7.81. The molecule has 1 aromatic rings. The Bertz CT molecular complexity index is 324. The van der Waals surface area contributed by atoms with E-state index in [2.05, 4.69) is 31.2 Å². The summed E-state index contributed by atoms with van der Waals surface area (Å²) in [7, 11) is 0. The van der Waals surface area contributed by atoms with Crippen LogP contribution >= 0.6 is 0 Å². The van der Waals surface area contributed by atoms with Crippen LogP contribution in [0.4, 0.5) is 0 Å². The van der Waals surface area contributed by atoms with Gasteiger partial charge in [-0.2, -0.15) is 0 Å². The Balaban J connectivity index is 2.13. The van der Waals surface area contributed by atoms with Crippen molar-refractivity contribution >= 4 is 0 Å². The SMILES string of the molecule is CC1CCC(c2ccccc2CCO)CC1. The molecule has 1 fully saturated rings. The number of aliphatic hydroxyl groups excluding tert-OH is 1. The summed E-state index contributed by atoms with van der Waals surface area (Å²) in [5, 5.41) is 9.08. The highest BCUT2D eigenvalue weighted by Gasteiger charge is 2.21. The molecule has 1 aromatic carbocycles. The lowest BCUT2D eigenvalue weighted by Gasteiger charge is -2.28. The third-order valence-corrected chi connectivity index (χ3v) is 3.89. The molecule has 0 aromatic heterocycles. The average Bonchev–Trinajstić information content (AvgIpc) is 2.32. The molecule has 0 radical (unpaired) electrons. The van der Waals surface area contributed by atoms with Crippen LogP contribution in [0, 0.1) is 5.92 Å². The average molecular weight is 218 g/mol. The highest BCUT2D eigenvalue weighted by molar-refractivity contribution is 5.31. The van der Waals surface area contributed by atoms with Gasteiger partial charge in [0.05, 0.1) is 0 Å². The van der Waals surface area contributed by atoms with Gasteiger partial charge in [0.15, 0.2) is 0 Å². The minimum Gasteiger partial charge on any atom is -0.396 e. The topological polar surface area (TPSA) is 20.2 Å². The fourth-order valence-corrected chi connectivity index (χ4v) is 2.85. The third kappa shape index (κ3) is 2.65. The molecule has 1 N–H and O–H groups in total. The number of hydrogen-bond acceptors (Lipinski definition) is 1. The normalized spacial score (nSPS) is 25.6. The summed E-state index contributed by atoms with van der Waals surface area (Å²) in [5.74, 6) is 1.64. The Kier molecular flexibility index (Phi) is 4.00. The molecule has 0 unspecified atom stereocenters. The predicted molar refractivity (Wildman–Crippen MR) is 67.6 cm³/mol. The number of rotatable bonds is 3. The van der Waals surface area contributed by atoms with Gasteiger partial charge in [-0.25, -0.2) is 0 Å². The molecule has 1 aliphatic rings. The van der Waals surface area contributed by atoms with Crippen molar-refractivity contribution in [2.45, 2.75) is 44.9 Å². The highest BCUT2D eigenvalue weighted by atomic mass is 16.2. The van der Waals surface area contributed by atoms with Crippen LogP contribution in [0.5, 0.6) is 0 Å². The zero-order valence-electron chi connectivity index (χ0n) is 10.2. The smallest absolute Gasteiger partial charge is 0.0471 e. The lowest BCUT2D eigenvalue weighted by atomic mass is 9.78. The lowest BCUT2D eigenvalue weighted by Crippen LogP contribution is -2.12. The molecule has 1 saturated carbocycles. The first-order valence-corrected chi connectivity index (χ1v) is 6.50. The van der Waals surface area contributed by atoms with Crippen LogP contribution in [0.25, 0.3) is 0 Å². The van der Waals surface area contributed by atoms with Crippen molar-refractivity contribution in [2.75, 3.05) is 6.61 Å². The zero-order valence-corrected chi connectivity index (χ0v) is 10.2. The van der Waals surface area contributed by atoms with Crippen molar-refractivity contribution in [3.05, 3.63) is 35.4 Å². The van der Waals surface area contributed by atoms with Gasteiger partial charge < -0.3 is 5.11 Å². The summed E-state index contributed by atoms with van der Waals surface area (Å²) in [6, 6.07) is 8.64. The van der Waals surface area contributed by atoms with Crippen molar-refractivity contribution in [3.8, 4) is 0 Å². The first-order valence-electron chi connectivity index (χ1n) is 6.50. The Hall–Kier alpha value is -0.820. The summed E-state index contributed by atoms with van der Waals surface area (Å²) >= 11 is 0.